The number of hydrogen-bond acceptors (Lipinski definition) is 3. The van der Waals surface area contributed by atoms with Crippen molar-refractivity contribution in [1.29, 1.82) is 0 Å². The molecule has 0 atom stereocenters. The SMILES string of the molecule is Cc1ccc2c(n1)oc1c(-c3cc4[c](cn3)[Ge]3([CH2]CC[CH2]3)[CH2]C4)cccc12. The quantitative estimate of drug-likeness (QED) is 0.393. The first-order chi connectivity index (χ1) is 13.2. The van der Waals surface area contributed by atoms with E-state index in [1.807, 2.05) is 13.0 Å². The predicted octanol–water partition coefficient (Wildman–Crippen LogP) is 5.36. The Bertz CT molecular complexity index is 1200. The molecule has 0 unspecified atom stereocenters. The van der Waals surface area contributed by atoms with Crippen molar-refractivity contribution in [2.45, 2.75) is 41.9 Å². The Kier molecular flexibility index (Phi) is 3.34. The minimum absolute atomic E-state index is 0.721. The average Bonchev–Trinajstić information content (AvgIpc) is 3.39. The van der Waals surface area contributed by atoms with E-state index in [-0.39, 0.29) is 0 Å². The molecule has 27 heavy (non-hydrogen) atoms. The van der Waals surface area contributed by atoms with E-state index in [0.717, 1.165) is 39.0 Å². The Balaban J connectivity index is 1.53. The molecule has 0 amide bonds. The van der Waals surface area contributed by atoms with Gasteiger partial charge in [-0.2, -0.15) is 0 Å². The van der Waals surface area contributed by atoms with E-state index < -0.39 is 13.3 Å². The van der Waals surface area contributed by atoms with Crippen LogP contribution in [0.15, 0.2) is 47.0 Å². The molecular formula is C23H22GeN2O. The van der Waals surface area contributed by atoms with Crippen molar-refractivity contribution in [3.05, 3.63) is 53.9 Å². The normalized spacial score (nSPS) is 18.0. The number of hydrogen-bond donors (Lipinski definition) is 0. The van der Waals surface area contributed by atoms with Gasteiger partial charge in [0.2, 0.25) is 0 Å². The van der Waals surface area contributed by atoms with Crippen LogP contribution >= 0.6 is 0 Å². The molecule has 2 aliphatic heterocycles. The standard InChI is InChI=1S/C23H22GeN2O/c1-15-7-8-18-17-5-4-6-19(22(17)27-23(18)26-15)21-13-16-9-12-24(10-2-3-11-24)20(16)14-25-21/h4-8,13-14H,2-3,9-12H2,1H3. The van der Waals surface area contributed by atoms with Crippen molar-refractivity contribution in [1.82, 2.24) is 9.97 Å². The van der Waals surface area contributed by atoms with Crippen molar-refractivity contribution in [3.63, 3.8) is 0 Å². The molecule has 134 valence electrons. The molecule has 0 saturated carbocycles. The molecule has 6 rings (SSSR count). The van der Waals surface area contributed by atoms with Gasteiger partial charge in [0.05, 0.1) is 0 Å². The number of aromatic nitrogens is 2. The minimum atomic E-state index is -1.76. The molecule has 4 aromatic rings. The number of furan rings is 1. The summed E-state index contributed by atoms with van der Waals surface area (Å²) in [5, 5.41) is 6.75. The molecular weight excluding hydrogens is 393 g/mol. The zero-order valence-corrected chi connectivity index (χ0v) is 17.7. The maximum absolute atomic E-state index is 6.19. The monoisotopic (exact) mass is 416 g/mol. The van der Waals surface area contributed by atoms with Gasteiger partial charge in [-0.15, -0.1) is 0 Å². The fraction of sp³-hybridized carbons (Fsp3) is 0.304. The van der Waals surface area contributed by atoms with Crippen LogP contribution in [0.25, 0.3) is 33.3 Å². The number of aryl methyl sites for hydroxylation is 2. The number of benzene rings is 1. The molecule has 1 saturated heterocycles. The third-order valence-corrected chi connectivity index (χ3v) is 18.1. The molecule has 3 aromatic heterocycles. The molecule has 0 bridgehead atoms. The van der Waals surface area contributed by atoms with Crippen LogP contribution < -0.4 is 4.40 Å². The summed E-state index contributed by atoms with van der Waals surface area (Å²) in [6, 6.07) is 12.9. The van der Waals surface area contributed by atoms with Gasteiger partial charge in [-0.1, -0.05) is 0 Å². The predicted molar refractivity (Wildman–Crippen MR) is 112 cm³/mol. The van der Waals surface area contributed by atoms with Crippen LogP contribution in [0.1, 0.15) is 24.1 Å². The molecule has 5 heterocycles. The van der Waals surface area contributed by atoms with Gasteiger partial charge in [0, 0.05) is 0 Å². The van der Waals surface area contributed by atoms with Crippen LogP contribution in [-0.4, -0.2) is 23.2 Å². The third-order valence-electron chi connectivity index (χ3n) is 6.77. The zero-order chi connectivity index (χ0) is 18.0. The van der Waals surface area contributed by atoms with E-state index in [1.165, 1.54) is 35.0 Å². The maximum atomic E-state index is 6.19. The summed E-state index contributed by atoms with van der Waals surface area (Å²) in [6.45, 7) is 2.00. The van der Waals surface area contributed by atoms with Crippen molar-refractivity contribution in [2.24, 2.45) is 0 Å². The van der Waals surface area contributed by atoms with E-state index in [1.54, 1.807) is 9.96 Å². The first-order valence-corrected chi connectivity index (χ1v) is 15.5. The molecule has 4 heteroatoms. The topological polar surface area (TPSA) is 38.9 Å². The van der Waals surface area contributed by atoms with Crippen LogP contribution in [0.4, 0.5) is 0 Å². The first kappa shape index (κ1) is 15.9. The van der Waals surface area contributed by atoms with Crippen LogP contribution in [0, 0.1) is 6.92 Å². The number of para-hydroxylation sites is 1. The molecule has 3 nitrogen and oxygen atoms in total. The van der Waals surface area contributed by atoms with Gasteiger partial charge in [-0.05, 0) is 0 Å². The Hall–Kier alpha value is -2.14. The van der Waals surface area contributed by atoms with Crippen molar-refractivity contribution < 1.29 is 4.42 Å². The molecule has 0 N–H and O–H groups in total. The summed E-state index contributed by atoms with van der Waals surface area (Å²) in [5.41, 5.74) is 6.32. The molecule has 0 aliphatic carbocycles. The fourth-order valence-electron chi connectivity index (χ4n) is 5.38. The van der Waals surface area contributed by atoms with Crippen LogP contribution in [0.2, 0.25) is 15.8 Å². The summed E-state index contributed by atoms with van der Waals surface area (Å²) in [7, 11) is 0. The summed E-state index contributed by atoms with van der Waals surface area (Å²) in [4.78, 5) is 9.52. The summed E-state index contributed by atoms with van der Waals surface area (Å²) in [5.74, 6) is 0. The number of fused-ring (bicyclic) bond motifs is 5. The van der Waals surface area contributed by atoms with Gasteiger partial charge >= 0.3 is 161 Å². The van der Waals surface area contributed by atoms with Gasteiger partial charge in [-0.25, -0.2) is 0 Å². The second-order valence-corrected chi connectivity index (χ2v) is 18.0. The average molecular weight is 415 g/mol. The van der Waals surface area contributed by atoms with Crippen LogP contribution in [-0.2, 0) is 6.42 Å². The number of pyridine rings is 2. The summed E-state index contributed by atoms with van der Waals surface area (Å²) < 4.78 is 7.89. The zero-order valence-electron chi connectivity index (χ0n) is 15.6. The first-order valence-electron chi connectivity index (χ1n) is 10.0. The van der Waals surface area contributed by atoms with Crippen molar-refractivity contribution >= 4 is 39.7 Å². The Morgan fingerprint density at radius 3 is 2.78 bits per heavy atom. The Morgan fingerprint density at radius 1 is 1.00 bits per heavy atom. The third kappa shape index (κ3) is 2.27. The summed E-state index contributed by atoms with van der Waals surface area (Å²) >= 11 is -1.76. The van der Waals surface area contributed by atoms with Gasteiger partial charge in [0.25, 0.3) is 0 Å². The van der Waals surface area contributed by atoms with Gasteiger partial charge in [0.1, 0.15) is 0 Å². The number of nitrogens with zero attached hydrogens (tertiary/aromatic N) is 2. The van der Waals surface area contributed by atoms with E-state index >= 15 is 0 Å². The van der Waals surface area contributed by atoms with E-state index in [9.17, 15) is 0 Å². The van der Waals surface area contributed by atoms with Crippen molar-refractivity contribution in [3.8, 4) is 11.3 Å². The van der Waals surface area contributed by atoms with Crippen molar-refractivity contribution in [2.75, 3.05) is 0 Å². The second kappa shape index (κ2) is 5.68. The second-order valence-electron chi connectivity index (χ2n) is 8.30. The molecule has 1 aromatic carbocycles. The Labute approximate surface area is 161 Å². The summed E-state index contributed by atoms with van der Waals surface area (Å²) in [6.07, 6.45) is 6.41. The van der Waals surface area contributed by atoms with E-state index in [4.69, 9.17) is 9.40 Å². The van der Waals surface area contributed by atoms with Crippen LogP contribution in [0.5, 0.6) is 0 Å². The van der Waals surface area contributed by atoms with Gasteiger partial charge < -0.3 is 0 Å². The van der Waals surface area contributed by atoms with E-state index in [0.29, 0.717) is 0 Å². The molecule has 1 spiro atoms. The van der Waals surface area contributed by atoms with E-state index in [2.05, 4.69) is 41.5 Å². The Morgan fingerprint density at radius 2 is 1.89 bits per heavy atom. The van der Waals surface area contributed by atoms with Gasteiger partial charge in [-0.3, -0.25) is 0 Å². The van der Waals surface area contributed by atoms with Gasteiger partial charge in [0.15, 0.2) is 0 Å². The fourth-order valence-corrected chi connectivity index (χ4v) is 16.7. The molecule has 0 radical (unpaired) electrons. The molecule has 2 aliphatic rings. The van der Waals surface area contributed by atoms with Crippen LogP contribution in [0.3, 0.4) is 0 Å². The molecule has 1 fully saturated rings. The number of rotatable bonds is 1.